The highest BCUT2D eigenvalue weighted by Crippen LogP contribution is 2.38. The van der Waals surface area contributed by atoms with Crippen LogP contribution >= 0.6 is 11.6 Å². The van der Waals surface area contributed by atoms with Gasteiger partial charge in [0.25, 0.3) is 5.56 Å². The molecule has 2 atom stereocenters. The quantitative estimate of drug-likeness (QED) is 0.660. The predicted octanol–water partition coefficient (Wildman–Crippen LogP) is 3.58. The molecule has 2 heterocycles. The number of benzene rings is 1. The fraction of sp³-hybridized carbons (Fsp3) is 0.278. The maximum atomic E-state index is 14.5. The lowest BCUT2D eigenvalue weighted by Crippen LogP contribution is -2.26. The van der Waals surface area contributed by atoms with Gasteiger partial charge in [-0.2, -0.15) is 0 Å². The number of aromatic nitrogens is 3. The number of halogens is 4. The monoisotopic (exact) mass is 396 g/mol. The molecular formula is C18H16ClF3N4O. The number of pyridine rings is 1. The van der Waals surface area contributed by atoms with E-state index in [1.54, 1.807) is 6.92 Å². The Balaban J connectivity index is 2.41. The molecule has 142 valence electrons. The van der Waals surface area contributed by atoms with Crippen molar-refractivity contribution < 1.29 is 13.2 Å². The molecule has 2 aromatic heterocycles. The lowest BCUT2D eigenvalue weighted by atomic mass is 9.90. The van der Waals surface area contributed by atoms with Gasteiger partial charge in [0.2, 0.25) is 0 Å². The molecule has 1 aromatic carbocycles. The van der Waals surface area contributed by atoms with E-state index in [1.165, 1.54) is 0 Å². The van der Waals surface area contributed by atoms with Gasteiger partial charge in [-0.1, -0.05) is 18.5 Å². The van der Waals surface area contributed by atoms with Crippen molar-refractivity contribution in [3.05, 3.63) is 56.9 Å². The number of H-pyrrole nitrogens is 1. The second-order valence-electron chi connectivity index (χ2n) is 6.49. The van der Waals surface area contributed by atoms with Crippen molar-refractivity contribution in [3.8, 4) is 11.1 Å². The van der Waals surface area contributed by atoms with E-state index in [9.17, 15) is 18.0 Å². The SMILES string of the molecule is CC(N)C(C)Cc1c(-c2c(F)cc(F)cc2F)c(Cl)nc2ncc(=O)[nH]c12. The molecule has 27 heavy (non-hydrogen) atoms. The van der Waals surface area contributed by atoms with Gasteiger partial charge in [0.1, 0.15) is 22.6 Å². The topological polar surface area (TPSA) is 84.7 Å². The van der Waals surface area contributed by atoms with Crippen molar-refractivity contribution in [3.63, 3.8) is 0 Å². The molecule has 0 aliphatic heterocycles. The van der Waals surface area contributed by atoms with Gasteiger partial charge in [0, 0.05) is 23.7 Å². The van der Waals surface area contributed by atoms with Gasteiger partial charge in [-0.15, -0.1) is 0 Å². The number of nitrogens with one attached hydrogen (secondary N) is 1. The summed E-state index contributed by atoms with van der Waals surface area (Å²) < 4.78 is 42.3. The van der Waals surface area contributed by atoms with E-state index in [0.29, 0.717) is 17.7 Å². The first-order chi connectivity index (χ1) is 12.7. The van der Waals surface area contributed by atoms with Crippen LogP contribution in [0.5, 0.6) is 0 Å². The molecule has 2 unspecified atom stereocenters. The Hall–Kier alpha value is -2.45. The smallest absolute Gasteiger partial charge is 0.267 e. The summed E-state index contributed by atoms with van der Waals surface area (Å²) in [6, 6.07) is 0.874. The van der Waals surface area contributed by atoms with E-state index in [0.717, 1.165) is 6.20 Å². The predicted molar refractivity (Wildman–Crippen MR) is 97.0 cm³/mol. The van der Waals surface area contributed by atoms with Gasteiger partial charge < -0.3 is 10.7 Å². The summed E-state index contributed by atoms with van der Waals surface area (Å²) in [5.74, 6) is -3.44. The minimum Gasteiger partial charge on any atom is -0.328 e. The summed E-state index contributed by atoms with van der Waals surface area (Å²) in [6.07, 6.45) is 1.27. The lowest BCUT2D eigenvalue weighted by molar-refractivity contribution is 0.482. The molecule has 5 nitrogen and oxygen atoms in total. The van der Waals surface area contributed by atoms with Crippen LogP contribution in [0.25, 0.3) is 22.3 Å². The van der Waals surface area contributed by atoms with Crippen LogP contribution in [-0.4, -0.2) is 21.0 Å². The molecule has 0 fully saturated rings. The van der Waals surface area contributed by atoms with Crippen molar-refractivity contribution in [2.45, 2.75) is 26.3 Å². The molecule has 0 aliphatic rings. The zero-order valence-corrected chi connectivity index (χ0v) is 15.2. The van der Waals surface area contributed by atoms with E-state index in [-0.39, 0.29) is 40.3 Å². The van der Waals surface area contributed by atoms with Crippen LogP contribution in [0.4, 0.5) is 13.2 Å². The molecular weight excluding hydrogens is 381 g/mol. The Bertz CT molecular complexity index is 1060. The standard InChI is InChI=1S/C18H16ClF3N4O/c1-7(8(2)23)3-10-14(15-11(21)4-9(20)5-12(15)22)17(19)26-18-16(10)25-13(27)6-24-18/h4-8H,3,23H2,1-2H3,(H,25,27). The Labute approximate surface area is 157 Å². The molecule has 3 N–H and O–H groups in total. The third kappa shape index (κ3) is 3.68. The van der Waals surface area contributed by atoms with E-state index in [2.05, 4.69) is 15.0 Å². The van der Waals surface area contributed by atoms with Crippen LogP contribution in [0.15, 0.2) is 23.1 Å². The van der Waals surface area contributed by atoms with Crippen molar-refractivity contribution in [2.75, 3.05) is 0 Å². The first kappa shape index (κ1) is 19.3. The lowest BCUT2D eigenvalue weighted by Gasteiger charge is -2.20. The van der Waals surface area contributed by atoms with Gasteiger partial charge in [-0.05, 0) is 24.8 Å². The van der Waals surface area contributed by atoms with Crippen LogP contribution in [0.1, 0.15) is 19.4 Å². The molecule has 0 amide bonds. The largest absolute Gasteiger partial charge is 0.328 e. The highest BCUT2D eigenvalue weighted by atomic mass is 35.5. The fourth-order valence-electron chi connectivity index (χ4n) is 2.84. The number of nitrogens with two attached hydrogens (primary N) is 1. The Morgan fingerprint density at radius 2 is 1.81 bits per heavy atom. The first-order valence-electron chi connectivity index (χ1n) is 8.17. The van der Waals surface area contributed by atoms with Gasteiger partial charge >= 0.3 is 0 Å². The van der Waals surface area contributed by atoms with Gasteiger partial charge in [0.05, 0.1) is 17.3 Å². The molecule has 0 bridgehead atoms. The van der Waals surface area contributed by atoms with Crippen molar-refractivity contribution in [2.24, 2.45) is 11.7 Å². The zero-order valence-electron chi connectivity index (χ0n) is 14.5. The molecule has 0 aliphatic carbocycles. The number of hydrogen-bond donors (Lipinski definition) is 2. The van der Waals surface area contributed by atoms with Crippen LogP contribution in [0.2, 0.25) is 5.15 Å². The third-order valence-electron chi connectivity index (χ3n) is 4.47. The average Bonchev–Trinajstić information content (AvgIpc) is 2.56. The Kier molecular flexibility index (Phi) is 5.21. The summed E-state index contributed by atoms with van der Waals surface area (Å²) in [5, 5.41) is -0.210. The maximum Gasteiger partial charge on any atom is 0.267 e. The van der Waals surface area contributed by atoms with Crippen LogP contribution in [0.3, 0.4) is 0 Å². The van der Waals surface area contributed by atoms with E-state index >= 15 is 0 Å². The highest BCUT2D eigenvalue weighted by molar-refractivity contribution is 6.32. The second-order valence-corrected chi connectivity index (χ2v) is 6.85. The molecule has 9 heteroatoms. The number of hydrogen-bond acceptors (Lipinski definition) is 4. The molecule has 3 aromatic rings. The molecule has 0 saturated heterocycles. The summed E-state index contributed by atoms with van der Waals surface area (Å²) in [5.41, 5.74) is 5.51. The van der Waals surface area contributed by atoms with E-state index in [1.807, 2.05) is 6.92 Å². The Morgan fingerprint density at radius 1 is 1.19 bits per heavy atom. The average molecular weight is 397 g/mol. The fourth-order valence-corrected chi connectivity index (χ4v) is 3.12. The normalized spacial score (nSPS) is 13.7. The summed E-state index contributed by atoms with van der Waals surface area (Å²) in [7, 11) is 0. The van der Waals surface area contributed by atoms with E-state index < -0.39 is 28.6 Å². The first-order valence-corrected chi connectivity index (χ1v) is 8.54. The molecule has 0 spiro atoms. The van der Waals surface area contributed by atoms with Gasteiger partial charge in [-0.3, -0.25) is 4.79 Å². The maximum absolute atomic E-state index is 14.5. The van der Waals surface area contributed by atoms with E-state index in [4.69, 9.17) is 17.3 Å². The number of fused-ring (bicyclic) bond motifs is 1. The molecule has 0 saturated carbocycles. The van der Waals surface area contributed by atoms with Crippen molar-refractivity contribution >= 4 is 22.8 Å². The third-order valence-corrected chi connectivity index (χ3v) is 4.74. The highest BCUT2D eigenvalue weighted by Gasteiger charge is 2.25. The Morgan fingerprint density at radius 3 is 2.41 bits per heavy atom. The van der Waals surface area contributed by atoms with Gasteiger partial charge in [-0.25, -0.2) is 23.1 Å². The van der Waals surface area contributed by atoms with Crippen LogP contribution in [-0.2, 0) is 6.42 Å². The second kappa shape index (κ2) is 7.28. The number of nitrogens with zero attached hydrogens (tertiary/aromatic N) is 2. The van der Waals surface area contributed by atoms with Crippen LogP contribution in [0, 0.1) is 23.4 Å². The molecule has 3 rings (SSSR count). The molecule has 0 radical (unpaired) electrons. The zero-order chi connectivity index (χ0) is 19.9. The number of rotatable bonds is 4. The summed E-state index contributed by atoms with van der Waals surface area (Å²) in [6.45, 7) is 3.63. The minimum atomic E-state index is -1.13. The summed E-state index contributed by atoms with van der Waals surface area (Å²) in [4.78, 5) is 22.3. The van der Waals surface area contributed by atoms with Crippen LogP contribution < -0.4 is 11.3 Å². The summed E-state index contributed by atoms with van der Waals surface area (Å²) >= 11 is 6.23. The van der Waals surface area contributed by atoms with Crippen molar-refractivity contribution in [1.82, 2.24) is 15.0 Å². The minimum absolute atomic E-state index is 0.0599. The number of aromatic amines is 1. The van der Waals surface area contributed by atoms with Crippen molar-refractivity contribution in [1.29, 1.82) is 0 Å². The van der Waals surface area contributed by atoms with Gasteiger partial charge in [0.15, 0.2) is 5.65 Å².